The first-order valence-electron chi connectivity index (χ1n) is 6.40. The molecule has 1 fully saturated rings. The van der Waals surface area contributed by atoms with Gasteiger partial charge in [0.1, 0.15) is 5.82 Å². The van der Waals surface area contributed by atoms with Crippen molar-refractivity contribution in [1.82, 2.24) is 0 Å². The summed E-state index contributed by atoms with van der Waals surface area (Å²) in [4.78, 5) is 2.03. The second-order valence-corrected chi connectivity index (χ2v) is 5.00. The van der Waals surface area contributed by atoms with E-state index in [1.807, 2.05) is 24.1 Å². The standard InChI is InChI=1S/C14H21FN2/c1-17(10-12-3-2-4-12)14-6-5-11(7-8-16)9-13(14)15/h5-6,9,12H,2-4,7-8,10,16H2,1H3. The molecule has 1 aliphatic rings. The van der Waals surface area contributed by atoms with Crippen molar-refractivity contribution >= 4 is 5.69 Å². The first-order chi connectivity index (χ1) is 8.20. The first kappa shape index (κ1) is 12.4. The average Bonchev–Trinajstić information content (AvgIpc) is 2.24. The molecule has 0 radical (unpaired) electrons. The molecule has 3 heteroatoms. The van der Waals surface area contributed by atoms with E-state index in [0.29, 0.717) is 12.2 Å². The van der Waals surface area contributed by atoms with E-state index >= 15 is 0 Å². The molecule has 2 N–H and O–H groups in total. The Bertz CT molecular complexity index is 374. The summed E-state index contributed by atoms with van der Waals surface area (Å²) >= 11 is 0. The van der Waals surface area contributed by atoms with Gasteiger partial charge in [-0.1, -0.05) is 12.5 Å². The number of benzene rings is 1. The highest BCUT2D eigenvalue weighted by atomic mass is 19.1. The molecule has 94 valence electrons. The molecule has 0 spiro atoms. The second-order valence-electron chi connectivity index (χ2n) is 5.00. The molecule has 1 aliphatic carbocycles. The molecule has 0 unspecified atom stereocenters. The summed E-state index contributed by atoms with van der Waals surface area (Å²) in [6, 6.07) is 5.46. The fourth-order valence-corrected chi connectivity index (χ4v) is 2.34. The average molecular weight is 236 g/mol. The number of nitrogens with two attached hydrogens (primary N) is 1. The number of rotatable bonds is 5. The Labute approximate surface area is 103 Å². The molecule has 0 atom stereocenters. The predicted molar refractivity (Wildman–Crippen MR) is 69.8 cm³/mol. The van der Waals surface area contributed by atoms with Gasteiger partial charge in [0.05, 0.1) is 5.69 Å². The van der Waals surface area contributed by atoms with Crippen LogP contribution in [-0.2, 0) is 6.42 Å². The third-order valence-corrected chi connectivity index (χ3v) is 3.61. The molecule has 0 heterocycles. The van der Waals surface area contributed by atoms with Crippen LogP contribution in [0.25, 0.3) is 0 Å². The lowest BCUT2D eigenvalue weighted by Gasteiger charge is -2.31. The Kier molecular flexibility index (Phi) is 4.00. The molecule has 2 rings (SSSR count). The Balaban J connectivity index is 2.03. The van der Waals surface area contributed by atoms with E-state index < -0.39 is 0 Å². The van der Waals surface area contributed by atoms with E-state index in [-0.39, 0.29) is 5.82 Å². The highest BCUT2D eigenvalue weighted by Crippen LogP contribution is 2.29. The van der Waals surface area contributed by atoms with Crippen molar-refractivity contribution in [3.05, 3.63) is 29.6 Å². The molecule has 1 aromatic carbocycles. The van der Waals surface area contributed by atoms with Crippen molar-refractivity contribution in [1.29, 1.82) is 0 Å². The lowest BCUT2D eigenvalue weighted by Crippen LogP contribution is -2.29. The highest BCUT2D eigenvalue weighted by Gasteiger charge is 2.20. The SMILES string of the molecule is CN(CC1CCC1)c1ccc(CCN)cc1F. The lowest BCUT2D eigenvalue weighted by atomic mass is 9.85. The van der Waals surface area contributed by atoms with Crippen LogP contribution in [0, 0.1) is 11.7 Å². The molecular weight excluding hydrogens is 215 g/mol. The van der Waals surface area contributed by atoms with Gasteiger partial charge in [0, 0.05) is 13.6 Å². The zero-order valence-corrected chi connectivity index (χ0v) is 10.5. The van der Waals surface area contributed by atoms with Gasteiger partial charge in [-0.2, -0.15) is 0 Å². The van der Waals surface area contributed by atoms with Gasteiger partial charge in [0.2, 0.25) is 0 Å². The predicted octanol–water partition coefficient (Wildman–Crippen LogP) is 2.56. The fraction of sp³-hybridized carbons (Fsp3) is 0.571. The van der Waals surface area contributed by atoms with Crippen molar-refractivity contribution in [3.63, 3.8) is 0 Å². The van der Waals surface area contributed by atoms with Gasteiger partial charge in [-0.25, -0.2) is 4.39 Å². The van der Waals surface area contributed by atoms with Crippen LogP contribution in [0.5, 0.6) is 0 Å². The minimum absolute atomic E-state index is 0.127. The lowest BCUT2D eigenvalue weighted by molar-refractivity contribution is 0.321. The minimum Gasteiger partial charge on any atom is -0.372 e. The van der Waals surface area contributed by atoms with Gasteiger partial charge in [-0.05, 0) is 49.4 Å². The number of halogens is 1. The normalized spacial score (nSPS) is 15.7. The van der Waals surface area contributed by atoms with Crippen molar-refractivity contribution in [3.8, 4) is 0 Å². The molecule has 0 saturated heterocycles. The number of hydrogen-bond donors (Lipinski definition) is 1. The van der Waals surface area contributed by atoms with Crippen LogP contribution < -0.4 is 10.6 Å². The fourth-order valence-electron chi connectivity index (χ4n) is 2.34. The summed E-state index contributed by atoms with van der Waals surface area (Å²) < 4.78 is 13.9. The summed E-state index contributed by atoms with van der Waals surface area (Å²) in [6.45, 7) is 1.53. The molecule has 17 heavy (non-hydrogen) atoms. The first-order valence-corrected chi connectivity index (χ1v) is 6.40. The van der Waals surface area contributed by atoms with Crippen LogP contribution in [0.1, 0.15) is 24.8 Å². The number of anilines is 1. The maximum Gasteiger partial charge on any atom is 0.146 e. The summed E-state index contributed by atoms with van der Waals surface area (Å²) in [5.41, 5.74) is 7.15. The third kappa shape index (κ3) is 2.97. The van der Waals surface area contributed by atoms with E-state index in [9.17, 15) is 4.39 Å². The Morgan fingerprint density at radius 2 is 2.18 bits per heavy atom. The van der Waals surface area contributed by atoms with Gasteiger partial charge in [0.15, 0.2) is 0 Å². The van der Waals surface area contributed by atoms with Crippen molar-refractivity contribution in [2.75, 3.05) is 25.0 Å². The highest BCUT2D eigenvalue weighted by molar-refractivity contribution is 5.48. The van der Waals surface area contributed by atoms with E-state index in [1.165, 1.54) is 19.3 Å². The van der Waals surface area contributed by atoms with E-state index in [2.05, 4.69) is 0 Å². The number of hydrogen-bond acceptors (Lipinski definition) is 2. The van der Waals surface area contributed by atoms with E-state index in [4.69, 9.17) is 5.73 Å². The molecule has 1 saturated carbocycles. The van der Waals surface area contributed by atoms with Crippen LogP contribution in [0.15, 0.2) is 18.2 Å². The van der Waals surface area contributed by atoms with Crippen LogP contribution in [0.4, 0.5) is 10.1 Å². The van der Waals surface area contributed by atoms with Crippen molar-refractivity contribution in [2.45, 2.75) is 25.7 Å². The van der Waals surface area contributed by atoms with Gasteiger partial charge < -0.3 is 10.6 Å². The summed E-state index contributed by atoms with van der Waals surface area (Å²) in [6.07, 6.45) is 4.65. The Hall–Kier alpha value is -1.09. The topological polar surface area (TPSA) is 29.3 Å². The number of nitrogens with zero attached hydrogens (tertiary/aromatic N) is 1. The van der Waals surface area contributed by atoms with Crippen molar-refractivity contribution in [2.24, 2.45) is 11.7 Å². The molecule has 1 aromatic rings. The van der Waals surface area contributed by atoms with Crippen LogP contribution in [0.3, 0.4) is 0 Å². The van der Waals surface area contributed by atoms with E-state index in [0.717, 1.165) is 24.4 Å². The summed E-state index contributed by atoms with van der Waals surface area (Å²) in [5.74, 6) is 0.626. The zero-order chi connectivity index (χ0) is 12.3. The maximum absolute atomic E-state index is 13.9. The maximum atomic E-state index is 13.9. The van der Waals surface area contributed by atoms with Gasteiger partial charge in [-0.3, -0.25) is 0 Å². The smallest absolute Gasteiger partial charge is 0.146 e. The summed E-state index contributed by atoms with van der Waals surface area (Å²) in [5, 5.41) is 0. The quantitative estimate of drug-likeness (QED) is 0.851. The van der Waals surface area contributed by atoms with Gasteiger partial charge >= 0.3 is 0 Å². The third-order valence-electron chi connectivity index (χ3n) is 3.61. The minimum atomic E-state index is -0.127. The van der Waals surface area contributed by atoms with Gasteiger partial charge in [0.25, 0.3) is 0 Å². The Morgan fingerprint density at radius 3 is 2.71 bits per heavy atom. The molecule has 0 aromatic heterocycles. The molecule has 0 bridgehead atoms. The van der Waals surface area contributed by atoms with Crippen LogP contribution in [0.2, 0.25) is 0 Å². The molecule has 0 aliphatic heterocycles. The van der Waals surface area contributed by atoms with Crippen LogP contribution >= 0.6 is 0 Å². The molecule has 0 amide bonds. The molecular formula is C14H21FN2. The summed E-state index contributed by atoms with van der Waals surface area (Å²) in [7, 11) is 1.97. The largest absolute Gasteiger partial charge is 0.372 e. The monoisotopic (exact) mass is 236 g/mol. The molecule has 2 nitrogen and oxygen atoms in total. The zero-order valence-electron chi connectivity index (χ0n) is 10.5. The van der Waals surface area contributed by atoms with E-state index in [1.54, 1.807) is 6.07 Å². The second kappa shape index (κ2) is 5.50. The Morgan fingerprint density at radius 1 is 1.41 bits per heavy atom. The van der Waals surface area contributed by atoms with Gasteiger partial charge in [-0.15, -0.1) is 0 Å². The van der Waals surface area contributed by atoms with Crippen molar-refractivity contribution < 1.29 is 4.39 Å². The van der Waals surface area contributed by atoms with Crippen LogP contribution in [-0.4, -0.2) is 20.1 Å².